The standard InChI is InChI=1S/C11H5N5O6/c12-4-5-1-8(15(19)20)10-7(11(5)13)2-6(14(17)18)3-9(10)16(21)22/h1-3H,13H2. The van der Waals surface area contributed by atoms with Crippen LogP contribution in [0, 0.1) is 41.7 Å². The predicted molar refractivity (Wildman–Crippen MR) is 73.0 cm³/mol. The van der Waals surface area contributed by atoms with Gasteiger partial charge in [-0.2, -0.15) is 5.26 Å². The molecule has 0 saturated heterocycles. The van der Waals surface area contributed by atoms with E-state index in [1.165, 1.54) is 0 Å². The molecule has 0 unspecified atom stereocenters. The van der Waals surface area contributed by atoms with Crippen molar-refractivity contribution in [1.82, 2.24) is 0 Å². The first-order chi connectivity index (χ1) is 10.3. The molecule has 2 rings (SSSR count). The third kappa shape index (κ3) is 2.10. The van der Waals surface area contributed by atoms with Gasteiger partial charge < -0.3 is 5.73 Å². The van der Waals surface area contributed by atoms with Crippen molar-refractivity contribution in [3.63, 3.8) is 0 Å². The van der Waals surface area contributed by atoms with Gasteiger partial charge in [0.15, 0.2) is 0 Å². The van der Waals surface area contributed by atoms with E-state index in [9.17, 15) is 30.3 Å². The number of nitrogens with two attached hydrogens (primary N) is 1. The lowest BCUT2D eigenvalue weighted by molar-refractivity contribution is -0.395. The van der Waals surface area contributed by atoms with Crippen molar-refractivity contribution in [3.05, 3.63) is 54.1 Å². The maximum Gasteiger partial charge on any atom is 0.291 e. The van der Waals surface area contributed by atoms with Crippen LogP contribution < -0.4 is 5.73 Å². The van der Waals surface area contributed by atoms with Crippen molar-refractivity contribution in [2.24, 2.45) is 0 Å². The lowest BCUT2D eigenvalue weighted by Crippen LogP contribution is -2.01. The molecule has 0 heterocycles. The van der Waals surface area contributed by atoms with Gasteiger partial charge in [0, 0.05) is 17.5 Å². The zero-order chi connectivity index (χ0) is 16.6. The molecule has 0 radical (unpaired) electrons. The van der Waals surface area contributed by atoms with Gasteiger partial charge >= 0.3 is 0 Å². The quantitative estimate of drug-likeness (QED) is 0.507. The van der Waals surface area contributed by atoms with Crippen LogP contribution in [0.1, 0.15) is 5.56 Å². The molecule has 0 bridgehead atoms. The van der Waals surface area contributed by atoms with Crippen molar-refractivity contribution in [2.75, 3.05) is 5.73 Å². The van der Waals surface area contributed by atoms with Gasteiger partial charge in [-0.25, -0.2) is 0 Å². The van der Waals surface area contributed by atoms with Crippen molar-refractivity contribution >= 4 is 33.5 Å². The van der Waals surface area contributed by atoms with E-state index in [1.807, 2.05) is 0 Å². The molecule has 11 nitrogen and oxygen atoms in total. The molecule has 0 fully saturated rings. The maximum absolute atomic E-state index is 11.1. The van der Waals surface area contributed by atoms with Gasteiger partial charge in [-0.15, -0.1) is 0 Å². The highest BCUT2D eigenvalue weighted by Crippen LogP contribution is 2.41. The monoisotopic (exact) mass is 303 g/mol. The average molecular weight is 303 g/mol. The van der Waals surface area contributed by atoms with E-state index in [0.29, 0.717) is 6.07 Å². The van der Waals surface area contributed by atoms with E-state index in [-0.39, 0.29) is 16.6 Å². The minimum absolute atomic E-state index is 0.286. The molecule has 2 aromatic carbocycles. The van der Waals surface area contributed by atoms with E-state index in [1.54, 1.807) is 6.07 Å². The van der Waals surface area contributed by atoms with Gasteiger partial charge in [0.1, 0.15) is 11.5 Å². The predicted octanol–water partition coefficient (Wildman–Crippen LogP) is 2.02. The molecule has 0 aliphatic heterocycles. The highest BCUT2D eigenvalue weighted by atomic mass is 16.6. The molecule has 11 heteroatoms. The van der Waals surface area contributed by atoms with Gasteiger partial charge in [-0.05, 0) is 0 Å². The number of hydrogen-bond donors (Lipinski definition) is 1. The molecular formula is C11H5N5O6. The van der Waals surface area contributed by atoms with Crippen LogP contribution in [0.3, 0.4) is 0 Å². The Bertz CT molecular complexity index is 900. The Morgan fingerprint density at radius 2 is 1.50 bits per heavy atom. The van der Waals surface area contributed by atoms with Crippen LogP contribution in [0.2, 0.25) is 0 Å². The number of fused-ring (bicyclic) bond motifs is 1. The second-order valence-corrected chi connectivity index (χ2v) is 4.13. The number of hydrogen-bond acceptors (Lipinski definition) is 8. The van der Waals surface area contributed by atoms with Gasteiger partial charge in [-0.3, -0.25) is 30.3 Å². The van der Waals surface area contributed by atoms with Crippen molar-refractivity contribution in [2.45, 2.75) is 0 Å². The van der Waals surface area contributed by atoms with Crippen molar-refractivity contribution < 1.29 is 14.8 Å². The van der Waals surface area contributed by atoms with E-state index in [4.69, 9.17) is 11.0 Å². The largest absolute Gasteiger partial charge is 0.397 e. The first-order valence-corrected chi connectivity index (χ1v) is 5.51. The van der Waals surface area contributed by atoms with Gasteiger partial charge in [0.05, 0.1) is 32.1 Å². The van der Waals surface area contributed by atoms with E-state index >= 15 is 0 Å². The number of nitriles is 1. The summed E-state index contributed by atoms with van der Waals surface area (Å²) in [5, 5.41) is 41.2. The fourth-order valence-electron chi connectivity index (χ4n) is 2.01. The average Bonchev–Trinajstić information content (AvgIpc) is 2.46. The zero-order valence-electron chi connectivity index (χ0n) is 10.5. The fraction of sp³-hybridized carbons (Fsp3) is 0. The summed E-state index contributed by atoms with van der Waals surface area (Å²) in [5.74, 6) is 0. The molecule has 2 N–H and O–H groups in total. The molecule has 0 aliphatic carbocycles. The molecule has 2 aromatic rings. The highest BCUT2D eigenvalue weighted by molar-refractivity contribution is 6.07. The second kappa shape index (κ2) is 4.94. The second-order valence-electron chi connectivity index (χ2n) is 4.13. The molecule has 0 saturated carbocycles. The topological polar surface area (TPSA) is 179 Å². The third-order valence-corrected chi connectivity index (χ3v) is 2.94. The smallest absolute Gasteiger partial charge is 0.291 e. The zero-order valence-corrected chi connectivity index (χ0v) is 10.5. The van der Waals surface area contributed by atoms with Crippen molar-refractivity contribution in [3.8, 4) is 6.07 Å². The number of nitro groups is 3. The van der Waals surface area contributed by atoms with Gasteiger partial charge in [-0.1, -0.05) is 0 Å². The molecule has 0 aromatic heterocycles. The minimum atomic E-state index is -0.978. The van der Waals surface area contributed by atoms with Crippen LogP contribution in [-0.2, 0) is 0 Å². The molecule has 22 heavy (non-hydrogen) atoms. The summed E-state index contributed by atoms with van der Waals surface area (Å²) >= 11 is 0. The number of nitrogens with zero attached hydrogens (tertiary/aromatic N) is 4. The SMILES string of the molecule is N#Cc1cc([N+](=O)[O-])c2c([N+](=O)[O-])cc([N+](=O)[O-])cc2c1N. The summed E-state index contributed by atoms with van der Waals surface area (Å²) in [6, 6.07) is 3.89. The minimum Gasteiger partial charge on any atom is -0.397 e. The summed E-state index contributed by atoms with van der Waals surface area (Å²) in [6.45, 7) is 0. The van der Waals surface area contributed by atoms with Crippen molar-refractivity contribution in [1.29, 1.82) is 5.26 Å². The first kappa shape index (κ1) is 14.6. The molecule has 0 spiro atoms. The fourth-order valence-corrected chi connectivity index (χ4v) is 2.01. The van der Waals surface area contributed by atoms with Crippen LogP contribution >= 0.6 is 0 Å². The Kier molecular flexibility index (Phi) is 3.28. The lowest BCUT2D eigenvalue weighted by atomic mass is 10.0. The van der Waals surface area contributed by atoms with Crippen LogP contribution in [0.4, 0.5) is 22.7 Å². The summed E-state index contributed by atoms with van der Waals surface area (Å²) in [6.07, 6.45) is 0. The molecule has 0 aliphatic rings. The Morgan fingerprint density at radius 3 is 1.95 bits per heavy atom. The van der Waals surface area contributed by atoms with E-state index in [2.05, 4.69) is 0 Å². The number of nitro benzene ring substituents is 3. The van der Waals surface area contributed by atoms with Crippen LogP contribution in [-0.4, -0.2) is 14.8 Å². The van der Waals surface area contributed by atoms with Crippen LogP contribution in [0.5, 0.6) is 0 Å². The van der Waals surface area contributed by atoms with E-state index < -0.39 is 37.2 Å². The maximum atomic E-state index is 11.1. The molecule has 0 atom stereocenters. The third-order valence-electron chi connectivity index (χ3n) is 2.94. The van der Waals surface area contributed by atoms with Crippen LogP contribution in [0.25, 0.3) is 10.8 Å². The number of benzene rings is 2. The summed E-state index contributed by atoms with van der Waals surface area (Å²) < 4.78 is 0. The summed E-state index contributed by atoms with van der Waals surface area (Å²) in [5.41, 5.74) is 2.85. The summed E-state index contributed by atoms with van der Waals surface area (Å²) in [4.78, 5) is 30.2. The molecule has 110 valence electrons. The van der Waals surface area contributed by atoms with E-state index in [0.717, 1.165) is 12.1 Å². The summed E-state index contributed by atoms with van der Waals surface area (Å²) in [7, 11) is 0. The molecule has 0 amide bonds. The first-order valence-electron chi connectivity index (χ1n) is 5.51. The molecular weight excluding hydrogens is 298 g/mol. The lowest BCUT2D eigenvalue weighted by Gasteiger charge is -2.06. The Hall–Kier alpha value is -3.81. The van der Waals surface area contributed by atoms with Gasteiger partial charge in [0.2, 0.25) is 0 Å². The van der Waals surface area contributed by atoms with Crippen LogP contribution in [0.15, 0.2) is 18.2 Å². The number of rotatable bonds is 3. The number of nitrogen functional groups attached to an aromatic ring is 1. The normalized spacial score (nSPS) is 10.1. The van der Waals surface area contributed by atoms with Gasteiger partial charge in [0.25, 0.3) is 17.1 Å². The number of anilines is 1. The highest BCUT2D eigenvalue weighted by Gasteiger charge is 2.29. The number of non-ortho nitro benzene ring substituents is 3. The Morgan fingerprint density at radius 1 is 0.955 bits per heavy atom. The Balaban J connectivity index is 3.14. The Labute approximate surface area is 120 Å².